The summed E-state index contributed by atoms with van der Waals surface area (Å²) < 4.78 is 5.28. The van der Waals surface area contributed by atoms with Crippen LogP contribution >= 0.6 is 11.6 Å². The van der Waals surface area contributed by atoms with Crippen molar-refractivity contribution < 1.29 is 19.1 Å². The van der Waals surface area contributed by atoms with E-state index in [9.17, 15) is 14.4 Å². The summed E-state index contributed by atoms with van der Waals surface area (Å²) in [5.41, 5.74) is 0.786. The summed E-state index contributed by atoms with van der Waals surface area (Å²) >= 11 is 5.88. The van der Waals surface area contributed by atoms with E-state index in [4.69, 9.17) is 16.3 Å². The second-order valence-corrected chi connectivity index (χ2v) is 7.82. The van der Waals surface area contributed by atoms with Gasteiger partial charge in [-0.2, -0.15) is 0 Å². The Balaban J connectivity index is 1.72. The first-order valence-electron chi connectivity index (χ1n) is 9.76. The number of hydrogen-bond acceptors (Lipinski definition) is 4. The quantitative estimate of drug-likeness (QED) is 0.534. The molecule has 0 spiro atoms. The molecule has 6 heteroatoms. The number of nitrogens with zero attached hydrogens (tertiary/aromatic N) is 1. The van der Waals surface area contributed by atoms with Gasteiger partial charge in [-0.25, -0.2) is 4.79 Å². The topological polar surface area (TPSA) is 63.7 Å². The molecule has 2 unspecified atom stereocenters. The van der Waals surface area contributed by atoms with Crippen molar-refractivity contribution in [2.45, 2.75) is 45.2 Å². The molecular weight excluding hydrogens is 390 g/mol. The highest BCUT2D eigenvalue weighted by molar-refractivity contribution is 6.30. The Labute approximate surface area is 175 Å². The Kier molecular flexibility index (Phi) is 6.70. The van der Waals surface area contributed by atoms with Gasteiger partial charge in [0.15, 0.2) is 12.4 Å². The van der Waals surface area contributed by atoms with E-state index in [-0.39, 0.29) is 41.5 Å². The van der Waals surface area contributed by atoms with E-state index in [1.165, 1.54) is 6.07 Å². The summed E-state index contributed by atoms with van der Waals surface area (Å²) in [7, 11) is 0. The van der Waals surface area contributed by atoms with Crippen LogP contribution in [-0.2, 0) is 9.53 Å². The molecule has 1 aliphatic heterocycles. The van der Waals surface area contributed by atoms with Gasteiger partial charge in [0.05, 0.1) is 5.56 Å². The highest BCUT2D eigenvalue weighted by Crippen LogP contribution is 2.23. The molecule has 0 N–H and O–H groups in total. The zero-order valence-corrected chi connectivity index (χ0v) is 17.3. The zero-order chi connectivity index (χ0) is 21.0. The van der Waals surface area contributed by atoms with Gasteiger partial charge in [0, 0.05) is 28.2 Å². The first kappa shape index (κ1) is 21.1. The van der Waals surface area contributed by atoms with Crippen LogP contribution in [0.1, 0.15) is 59.4 Å². The van der Waals surface area contributed by atoms with E-state index in [1.807, 2.05) is 13.8 Å². The monoisotopic (exact) mass is 413 g/mol. The lowest BCUT2D eigenvalue weighted by Crippen LogP contribution is -2.49. The molecule has 2 aromatic carbocycles. The molecule has 1 heterocycles. The van der Waals surface area contributed by atoms with Crippen LogP contribution in [0.15, 0.2) is 48.5 Å². The molecule has 1 aliphatic rings. The van der Waals surface area contributed by atoms with E-state index < -0.39 is 5.97 Å². The summed E-state index contributed by atoms with van der Waals surface area (Å²) in [6.45, 7) is 3.68. The fourth-order valence-electron chi connectivity index (χ4n) is 3.81. The van der Waals surface area contributed by atoms with Gasteiger partial charge in [0.25, 0.3) is 5.91 Å². The van der Waals surface area contributed by atoms with Gasteiger partial charge in [0.1, 0.15) is 0 Å². The van der Waals surface area contributed by atoms with Crippen molar-refractivity contribution in [3.05, 3.63) is 70.2 Å². The van der Waals surface area contributed by atoms with Crippen molar-refractivity contribution in [1.29, 1.82) is 0 Å². The SMILES string of the molecule is CC1CCCC(C)N1C(=O)COC(=O)c1ccccc1C(=O)c1ccc(Cl)cc1. The van der Waals surface area contributed by atoms with E-state index >= 15 is 0 Å². The molecule has 0 radical (unpaired) electrons. The number of ether oxygens (including phenoxy) is 1. The summed E-state index contributed by atoms with van der Waals surface area (Å²) in [5, 5.41) is 0.522. The molecule has 0 aliphatic carbocycles. The lowest BCUT2D eigenvalue weighted by molar-refractivity contribution is -0.140. The van der Waals surface area contributed by atoms with E-state index in [0.29, 0.717) is 10.6 Å². The number of rotatable bonds is 5. The molecule has 0 saturated carbocycles. The van der Waals surface area contributed by atoms with Crippen LogP contribution in [0.5, 0.6) is 0 Å². The van der Waals surface area contributed by atoms with Crippen LogP contribution < -0.4 is 0 Å². The van der Waals surface area contributed by atoms with Gasteiger partial charge in [-0.1, -0.05) is 29.8 Å². The molecule has 1 amide bonds. The maximum absolute atomic E-state index is 12.8. The van der Waals surface area contributed by atoms with Gasteiger partial charge in [0.2, 0.25) is 0 Å². The minimum atomic E-state index is -0.687. The Morgan fingerprint density at radius 1 is 0.966 bits per heavy atom. The van der Waals surface area contributed by atoms with Crippen LogP contribution in [0, 0.1) is 0 Å². The number of ketones is 1. The summed E-state index contributed by atoms with van der Waals surface area (Å²) in [6.07, 6.45) is 2.98. The second-order valence-electron chi connectivity index (χ2n) is 7.39. The van der Waals surface area contributed by atoms with Crippen molar-refractivity contribution in [2.24, 2.45) is 0 Å². The molecule has 5 nitrogen and oxygen atoms in total. The third-order valence-corrected chi connectivity index (χ3v) is 5.56. The Morgan fingerprint density at radius 3 is 2.17 bits per heavy atom. The number of esters is 1. The predicted octanol–water partition coefficient (Wildman–Crippen LogP) is 4.52. The molecule has 1 fully saturated rings. The van der Waals surface area contributed by atoms with Gasteiger partial charge in [-0.15, -0.1) is 0 Å². The van der Waals surface area contributed by atoms with Crippen LogP contribution in [0.4, 0.5) is 0 Å². The summed E-state index contributed by atoms with van der Waals surface area (Å²) in [6, 6.07) is 13.2. The van der Waals surface area contributed by atoms with Crippen molar-refractivity contribution in [2.75, 3.05) is 6.61 Å². The number of amides is 1. The standard InChI is InChI=1S/C23H24ClNO4/c1-15-6-5-7-16(2)25(15)21(26)14-29-23(28)20-9-4-3-8-19(20)22(27)17-10-12-18(24)13-11-17/h3-4,8-13,15-16H,5-7,14H2,1-2H3. The number of piperidine rings is 1. The molecule has 29 heavy (non-hydrogen) atoms. The lowest BCUT2D eigenvalue weighted by Gasteiger charge is -2.38. The predicted molar refractivity (Wildman–Crippen MR) is 111 cm³/mol. The van der Waals surface area contributed by atoms with Crippen LogP contribution in [0.3, 0.4) is 0 Å². The van der Waals surface area contributed by atoms with E-state index in [2.05, 4.69) is 0 Å². The smallest absolute Gasteiger partial charge is 0.339 e. The van der Waals surface area contributed by atoms with Crippen molar-refractivity contribution >= 4 is 29.3 Å². The molecule has 0 aromatic heterocycles. The van der Waals surface area contributed by atoms with Gasteiger partial charge >= 0.3 is 5.97 Å². The number of benzene rings is 2. The first-order valence-corrected chi connectivity index (χ1v) is 10.1. The summed E-state index contributed by atoms with van der Waals surface area (Å²) in [5.74, 6) is -1.20. The number of hydrogen-bond donors (Lipinski definition) is 0. The Hall–Kier alpha value is -2.66. The van der Waals surface area contributed by atoms with Crippen LogP contribution in [0.25, 0.3) is 0 Å². The summed E-state index contributed by atoms with van der Waals surface area (Å²) in [4.78, 5) is 39.9. The highest BCUT2D eigenvalue weighted by atomic mass is 35.5. The molecule has 3 rings (SSSR count). The Morgan fingerprint density at radius 2 is 1.55 bits per heavy atom. The Bertz CT molecular complexity index is 899. The molecule has 152 valence electrons. The third kappa shape index (κ3) is 4.85. The maximum atomic E-state index is 12.8. The molecular formula is C23H24ClNO4. The first-order chi connectivity index (χ1) is 13.9. The van der Waals surface area contributed by atoms with Crippen molar-refractivity contribution in [1.82, 2.24) is 4.90 Å². The number of carbonyl (C=O) groups is 3. The average molecular weight is 414 g/mol. The largest absolute Gasteiger partial charge is 0.452 e. The number of likely N-dealkylation sites (tertiary alicyclic amines) is 1. The van der Waals surface area contributed by atoms with Gasteiger partial charge in [-0.05, 0) is 63.4 Å². The second kappa shape index (κ2) is 9.23. The van der Waals surface area contributed by atoms with Gasteiger partial charge < -0.3 is 9.64 Å². The van der Waals surface area contributed by atoms with E-state index in [0.717, 1.165) is 19.3 Å². The zero-order valence-electron chi connectivity index (χ0n) is 16.6. The van der Waals surface area contributed by atoms with Crippen molar-refractivity contribution in [3.63, 3.8) is 0 Å². The normalized spacial score (nSPS) is 18.9. The fourth-order valence-corrected chi connectivity index (χ4v) is 3.93. The third-order valence-electron chi connectivity index (χ3n) is 5.31. The van der Waals surface area contributed by atoms with Crippen LogP contribution in [-0.4, -0.2) is 41.3 Å². The number of carbonyl (C=O) groups excluding carboxylic acids is 3. The van der Waals surface area contributed by atoms with Crippen LogP contribution in [0.2, 0.25) is 5.02 Å². The lowest BCUT2D eigenvalue weighted by atomic mass is 9.97. The van der Waals surface area contributed by atoms with E-state index in [1.54, 1.807) is 47.4 Å². The molecule has 2 atom stereocenters. The molecule has 0 bridgehead atoms. The minimum Gasteiger partial charge on any atom is -0.452 e. The average Bonchev–Trinajstić information content (AvgIpc) is 2.72. The van der Waals surface area contributed by atoms with Crippen molar-refractivity contribution in [3.8, 4) is 0 Å². The maximum Gasteiger partial charge on any atom is 0.339 e. The molecule has 2 aromatic rings. The molecule has 1 saturated heterocycles. The van der Waals surface area contributed by atoms with Gasteiger partial charge in [-0.3, -0.25) is 9.59 Å². The minimum absolute atomic E-state index is 0.128. The highest BCUT2D eigenvalue weighted by Gasteiger charge is 2.29. The fraction of sp³-hybridized carbons (Fsp3) is 0.348. The number of halogens is 1.